The molecule has 124 valence electrons. The van der Waals surface area contributed by atoms with Gasteiger partial charge < -0.3 is 5.11 Å². The van der Waals surface area contributed by atoms with Crippen molar-refractivity contribution in [2.45, 2.75) is 18.4 Å². The predicted octanol–water partition coefficient (Wildman–Crippen LogP) is 4.17. The molecular weight excluding hydrogens is 308 g/mol. The third-order valence-corrected chi connectivity index (χ3v) is 5.23. The summed E-state index contributed by atoms with van der Waals surface area (Å²) >= 11 is 0. The van der Waals surface area contributed by atoms with Gasteiger partial charge in [-0.05, 0) is 23.1 Å². The number of rotatable bonds is 3. The molecule has 0 aliphatic heterocycles. The van der Waals surface area contributed by atoms with Crippen LogP contribution in [0.4, 0.5) is 0 Å². The van der Waals surface area contributed by atoms with Gasteiger partial charge in [0.25, 0.3) is 0 Å². The number of carbonyl (C=O) groups excluding carboxylic acids is 1. The minimum atomic E-state index is -1.19. The molecular formula is C23H20O2. The minimum absolute atomic E-state index is 0.00135. The molecule has 0 heterocycles. The van der Waals surface area contributed by atoms with Crippen molar-refractivity contribution < 1.29 is 9.90 Å². The quantitative estimate of drug-likeness (QED) is 0.733. The third kappa shape index (κ3) is 2.79. The summed E-state index contributed by atoms with van der Waals surface area (Å²) in [6.07, 6.45) is 1.01. The van der Waals surface area contributed by atoms with Gasteiger partial charge in [-0.3, -0.25) is 4.79 Å². The fourth-order valence-corrected chi connectivity index (χ4v) is 3.87. The smallest absolute Gasteiger partial charge is 0.169 e. The van der Waals surface area contributed by atoms with E-state index >= 15 is 0 Å². The van der Waals surface area contributed by atoms with Gasteiger partial charge in [-0.25, -0.2) is 0 Å². The van der Waals surface area contributed by atoms with Crippen LogP contribution in [0.2, 0.25) is 0 Å². The number of carbonyl (C=O) groups is 1. The zero-order chi connectivity index (χ0) is 17.3. The van der Waals surface area contributed by atoms with E-state index < -0.39 is 11.5 Å². The van der Waals surface area contributed by atoms with Crippen molar-refractivity contribution in [3.05, 3.63) is 107 Å². The lowest BCUT2D eigenvalue weighted by Crippen LogP contribution is -2.46. The molecule has 1 aliphatic rings. The van der Waals surface area contributed by atoms with Crippen molar-refractivity contribution in [3.63, 3.8) is 0 Å². The highest BCUT2D eigenvalue weighted by atomic mass is 16.3. The molecule has 2 nitrogen and oxygen atoms in total. The molecule has 0 saturated heterocycles. The summed E-state index contributed by atoms with van der Waals surface area (Å²) in [7, 11) is 0. The fourth-order valence-electron chi connectivity index (χ4n) is 3.87. The number of hydrogen-bond acceptors (Lipinski definition) is 2. The molecule has 0 fully saturated rings. The molecule has 4 rings (SSSR count). The highest BCUT2D eigenvalue weighted by Gasteiger charge is 2.46. The van der Waals surface area contributed by atoms with Crippen LogP contribution >= 0.6 is 0 Å². The van der Waals surface area contributed by atoms with Gasteiger partial charge in [-0.2, -0.15) is 0 Å². The summed E-state index contributed by atoms with van der Waals surface area (Å²) in [5, 5.41) is 11.7. The maximum absolute atomic E-state index is 13.2. The molecule has 0 saturated carbocycles. The van der Waals surface area contributed by atoms with Crippen LogP contribution in [0, 0.1) is 5.92 Å². The largest absolute Gasteiger partial charge is 0.384 e. The highest BCUT2D eigenvalue weighted by Crippen LogP contribution is 2.42. The van der Waals surface area contributed by atoms with E-state index in [-0.39, 0.29) is 5.78 Å². The number of ketones is 1. The summed E-state index contributed by atoms with van der Waals surface area (Å²) in [6, 6.07) is 27.0. The Labute approximate surface area is 147 Å². The number of aliphatic hydroxyl groups is 1. The second-order valence-corrected chi connectivity index (χ2v) is 6.72. The number of hydrogen-bond donors (Lipinski definition) is 1. The lowest BCUT2D eigenvalue weighted by Gasteiger charge is -2.40. The molecule has 0 bridgehead atoms. The van der Waals surface area contributed by atoms with Crippen LogP contribution in [0.5, 0.6) is 0 Å². The van der Waals surface area contributed by atoms with E-state index in [0.29, 0.717) is 18.4 Å². The zero-order valence-corrected chi connectivity index (χ0v) is 13.9. The van der Waals surface area contributed by atoms with E-state index in [1.165, 1.54) is 0 Å². The number of Topliss-reactive ketones (excluding diaryl/α,β-unsaturated/α-hetero) is 1. The van der Waals surface area contributed by atoms with E-state index in [1.54, 1.807) is 0 Å². The molecule has 1 N–H and O–H groups in total. The molecule has 0 radical (unpaired) electrons. The molecule has 3 aromatic carbocycles. The lowest BCUT2D eigenvalue weighted by molar-refractivity contribution is -0.0208. The number of fused-ring (bicyclic) bond motifs is 1. The normalized spacial score (nSPS) is 22.2. The average Bonchev–Trinajstić information content (AvgIpc) is 2.68. The van der Waals surface area contributed by atoms with Gasteiger partial charge in [-0.15, -0.1) is 0 Å². The van der Waals surface area contributed by atoms with E-state index in [1.807, 2.05) is 78.9 Å². The first-order chi connectivity index (χ1) is 12.2. The molecule has 0 amide bonds. The van der Waals surface area contributed by atoms with Crippen molar-refractivity contribution in [3.8, 4) is 0 Å². The van der Waals surface area contributed by atoms with Gasteiger partial charge in [0.1, 0.15) is 5.60 Å². The van der Waals surface area contributed by atoms with Crippen LogP contribution < -0.4 is 0 Å². The molecule has 3 aromatic rings. The van der Waals surface area contributed by atoms with E-state index in [0.717, 1.165) is 16.7 Å². The van der Waals surface area contributed by atoms with E-state index in [2.05, 4.69) is 6.07 Å². The highest BCUT2D eigenvalue weighted by molar-refractivity contribution is 5.99. The van der Waals surface area contributed by atoms with Gasteiger partial charge in [0.05, 0.1) is 5.92 Å². The topological polar surface area (TPSA) is 37.3 Å². The summed E-state index contributed by atoms with van der Waals surface area (Å²) in [4.78, 5) is 13.2. The molecule has 25 heavy (non-hydrogen) atoms. The van der Waals surface area contributed by atoms with Crippen molar-refractivity contribution in [1.29, 1.82) is 0 Å². The van der Waals surface area contributed by atoms with E-state index in [9.17, 15) is 9.90 Å². The van der Waals surface area contributed by atoms with Crippen LogP contribution in [0.15, 0.2) is 84.9 Å². The molecule has 0 unspecified atom stereocenters. The molecule has 0 spiro atoms. The number of benzene rings is 3. The standard InChI is InChI=1S/C23H20O2/c24-22(17-9-3-1-4-10-17)21-15-18-11-7-8-12-19(18)16-23(21,25)20-13-5-2-6-14-20/h1-14,21,25H,15-16H2/t21-,23+/m0/s1. The van der Waals surface area contributed by atoms with Crippen LogP contribution in [0.25, 0.3) is 0 Å². The zero-order valence-electron chi connectivity index (χ0n) is 13.9. The summed E-state index contributed by atoms with van der Waals surface area (Å²) in [5.74, 6) is -0.492. The van der Waals surface area contributed by atoms with Gasteiger partial charge >= 0.3 is 0 Å². The predicted molar refractivity (Wildman–Crippen MR) is 98.5 cm³/mol. The summed E-state index contributed by atoms with van der Waals surface area (Å²) in [5.41, 5.74) is 2.53. The molecule has 1 aliphatic carbocycles. The summed E-state index contributed by atoms with van der Waals surface area (Å²) < 4.78 is 0. The fraction of sp³-hybridized carbons (Fsp3) is 0.174. The first-order valence-corrected chi connectivity index (χ1v) is 8.62. The van der Waals surface area contributed by atoms with Crippen LogP contribution in [0.1, 0.15) is 27.0 Å². The Bertz CT molecular complexity index is 886. The summed E-state index contributed by atoms with van der Waals surface area (Å²) in [6.45, 7) is 0. The second-order valence-electron chi connectivity index (χ2n) is 6.72. The SMILES string of the molecule is O=C(c1ccccc1)[C@@H]1Cc2ccccc2C[C@@]1(O)c1ccccc1. The third-order valence-electron chi connectivity index (χ3n) is 5.23. The molecule has 0 aromatic heterocycles. The van der Waals surface area contributed by atoms with Crippen LogP contribution in [0.3, 0.4) is 0 Å². The average molecular weight is 328 g/mol. The van der Waals surface area contributed by atoms with Gasteiger partial charge in [0, 0.05) is 12.0 Å². The van der Waals surface area contributed by atoms with Crippen molar-refractivity contribution in [2.24, 2.45) is 5.92 Å². The van der Waals surface area contributed by atoms with Crippen molar-refractivity contribution in [1.82, 2.24) is 0 Å². The first kappa shape index (κ1) is 15.8. The Hall–Kier alpha value is -2.71. The van der Waals surface area contributed by atoms with Crippen molar-refractivity contribution >= 4 is 5.78 Å². The Morgan fingerprint density at radius 1 is 0.800 bits per heavy atom. The van der Waals surface area contributed by atoms with Gasteiger partial charge in [-0.1, -0.05) is 84.9 Å². The first-order valence-electron chi connectivity index (χ1n) is 8.62. The lowest BCUT2D eigenvalue weighted by atomic mass is 9.67. The maximum atomic E-state index is 13.2. The van der Waals surface area contributed by atoms with E-state index in [4.69, 9.17) is 0 Å². The van der Waals surface area contributed by atoms with Crippen LogP contribution in [-0.2, 0) is 18.4 Å². The Morgan fingerprint density at radius 3 is 2.04 bits per heavy atom. The Morgan fingerprint density at radius 2 is 1.36 bits per heavy atom. The molecule has 2 atom stereocenters. The maximum Gasteiger partial charge on any atom is 0.169 e. The molecule has 2 heteroatoms. The van der Waals surface area contributed by atoms with Gasteiger partial charge in [0.2, 0.25) is 0 Å². The van der Waals surface area contributed by atoms with Gasteiger partial charge in [0.15, 0.2) is 5.78 Å². The Kier molecular flexibility index (Phi) is 3.98. The minimum Gasteiger partial charge on any atom is -0.384 e. The van der Waals surface area contributed by atoms with Crippen molar-refractivity contribution in [2.75, 3.05) is 0 Å². The Balaban J connectivity index is 1.83. The monoisotopic (exact) mass is 328 g/mol. The second kappa shape index (κ2) is 6.30. The van der Waals surface area contributed by atoms with Crippen LogP contribution in [-0.4, -0.2) is 10.9 Å².